The van der Waals surface area contributed by atoms with Crippen LogP contribution in [0.1, 0.15) is 77.3 Å². The maximum absolute atomic E-state index is 13.9. The van der Waals surface area contributed by atoms with E-state index in [4.69, 9.17) is 20.4 Å². The zero-order valence-corrected chi connectivity index (χ0v) is 28.4. The lowest BCUT2D eigenvalue weighted by atomic mass is 9.94. The molecule has 266 valence electrons. The molecule has 5 aromatic rings. The molecule has 51 heavy (non-hydrogen) atoms. The van der Waals surface area contributed by atoms with Crippen molar-refractivity contribution in [1.82, 2.24) is 39.3 Å². The first kappa shape index (κ1) is 33.1. The first-order valence-electron chi connectivity index (χ1n) is 17.2. The number of benzene rings is 1. The maximum Gasteiger partial charge on any atom is 0.451 e. The number of hydrogen-bond donors (Lipinski definition) is 2. The number of imidazole rings is 1. The molecule has 2 amide bonds. The second kappa shape index (κ2) is 12.3. The number of amides is 2. The molecule has 15 heteroatoms. The molecule has 3 N–H and O–H groups in total. The number of pyridine rings is 1. The molecular formula is C36H38F3N9O3. The molecule has 3 fully saturated rings. The summed E-state index contributed by atoms with van der Waals surface area (Å²) in [4.78, 5) is 45.3. The van der Waals surface area contributed by atoms with Crippen molar-refractivity contribution in [2.75, 3.05) is 13.7 Å². The smallest absolute Gasteiger partial charge is 0.451 e. The third-order valence-corrected chi connectivity index (χ3v) is 10.7. The lowest BCUT2D eigenvalue weighted by Crippen LogP contribution is -2.51. The van der Waals surface area contributed by atoms with Gasteiger partial charge in [0.1, 0.15) is 16.9 Å². The molecule has 1 saturated heterocycles. The molecule has 0 spiro atoms. The minimum absolute atomic E-state index is 0.0184. The van der Waals surface area contributed by atoms with Gasteiger partial charge in [-0.3, -0.25) is 9.59 Å². The molecule has 0 unspecified atom stereocenters. The largest absolute Gasteiger partial charge is 0.494 e. The van der Waals surface area contributed by atoms with Crippen molar-refractivity contribution in [3.8, 4) is 17.3 Å². The zero-order valence-electron chi connectivity index (χ0n) is 28.4. The Labute approximate surface area is 291 Å². The number of halogens is 3. The van der Waals surface area contributed by atoms with Crippen molar-refractivity contribution in [2.45, 2.75) is 69.9 Å². The van der Waals surface area contributed by atoms with E-state index in [1.54, 1.807) is 20.1 Å². The SMILES string of the molecule is COc1cc(C(=O)N2C[C@H](N)[C@H]3CC[C@@H]2C3)cc2nc(-c3cc4ccc([C@@H](C)NC(=O)c5cnc(C(F)(F)F)nc5)nc4n3CC3CC3)n(C)c12. The number of fused-ring (bicyclic) bond motifs is 4. The van der Waals surface area contributed by atoms with E-state index in [0.717, 1.165) is 73.3 Å². The van der Waals surface area contributed by atoms with Crippen molar-refractivity contribution < 1.29 is 27.5 Å². The second-order valence-electron chi connectivity index (χ2n) is 14.1. The van der Waals surface area contributed by atoms with Gasteiger partial charge in [-0.2, -0.15) is 13.2 Å². The Balaban J connectivity index is 1.12. The number of methoxy groups -OCH3 is 1. The summed E-state index contributed by atoms with van der Waals surface area (Å²) in [6, 6.07) is 9.04. The van der Waals surface area contributed by atoms with Gasteiger partial charge in [0.25, 0.3) is 11.8 Å². The summed E-state index contributed by atoms with van der Waals surface area (Å²) in [6.07, 6.45) is 2.19. The summed E-state index contributed by atoms with van der Waals surface area (Å²) < 4.78 is 48.7. The standard InChI is InChI=1S/C36H38F3N9O3/c1-18(43-33(49)23-14-41-35(42-15-23)36(37,38)39)26-9-7-21-12-28(48(31(21)44-26)16-19-4-5-19)32-45-27-11-22(13-29(51-3)30(27)46(32)2)34(50)47-17-25(40)20-6-8-24(47)10-20/h7,9,11-15,18-20,24-25H,4-6,8,10,16-17,40H2,1-3H3,(H,43,49)/t18-,20+,24-,25+/m1/s1. The molecule has 0 radical (unpaired) electrons. The molecule has 8 rings (SSSR count). The number of rotatable bonds is 8. The van der Waals surface area contributed by atoms with Gasteiger partial charge in [0.05, 0.1) is 35.6 Å². The highest BCUT2D eigenvalue weighted by atomic mass is 19.4. The molecule has 4 aromatic heterocycles. The normalized spacial score (nSPS) is 21.0. The first-order valence-corrected chi connectivity index (χ1v) is 17.2. The molecule has 2 aliphatic carbocycles. The van der Waals surface area contributed by atoms with Crippen LogP contribution < -0.4 is 15.8 Å². The monoisotopic (exact) mass is 701 g/mol. The van der Waals surface area contributed by atoms with Crippen LogP contribution in [0.3, 0.4) is 0 Å². The van der Waals surface area contributed by atoms with Crippen LogP contribution in [0.4, 0.5) is 13.2 Å². The van der Waals surface area contributed by atoms with Gasteiger partial charge in [-0.05, 0) is 81.2 Å². The van der Waals surface area contributed by atoms with Gasteiger partial charge in [0.2, 0.25) is 5.82 Å². The second-order valence-corrected chi connectivity index (χ2v) is 14.1. The fourth-order valence-corrected chi connectivity index (χ4v) is 7.68. The van der Waals surface area contributed by atoms with Crippen molar-refractivity contribution >= 4 is 33.9 Å². The third kappa shape index (κ3) is 5.96. The Bertz CT molecular complexity index is 2170. The van der Waals surface area contributed by atoms with E-state index in [-0.39, 0.29) is 23.6 Å². The van der Waals surface area contributed by atoms with Crippen LogP contribution in [0.2, 0.25) is 0 Å². The fraction of sp³-hybridized carbons (Fsp3) is 0.444. The van der Waals surface area contributed by atoms with Crippen LogP contribution in [0.5, 0.6) is 5.75 Å². The van der Waals surface area contributed by atoms with Crippen molar-refractivity contribution in [1.29, 1.82) is 0 Å². The van der Waals surface area contributed by atoms with Gasteiger partial charge < -0.3 is 29.8 Å². The number of carbonyl (C=O) groups is 2. The minimum atomic E-state index is -4.70. The van der Waals surface area contributed by atoms with Crippen LogP contribution in [0.15, 0.2) is 42.7 Å². The molecule has 2 bridgehead atoms. The number of nitrogens with one attached hydrogen (secondary N) is 1. The van der Waals surface area contributed by atoms with Crippen LogP contribution in [0, 0.1) is 11.8 Å². The van der Waals surface area contributed by atoms with Crippen molar-refractivity contribution in [3.63, 3.8) is 0 Å². The summed E-state index contributed by atoms with van der Waals surface area (Å²) in [5.74, 6) is 0.220. The Morgan fingerprint density at radius 3 is 2.53 bits per heavy atom. The number of piperidine rings is 1. The summed E-state index contributed by atoms with van der Waals surface area (Å²) in [7, 11) is 3.52. The van der Waals surface area contributed by atoms with E-state index >= 15 is 0 Å². The number of alkyl halides is 3. The predicted octanol–water partition coefficient (Wildman–Crippen LogP) is 5.26. The fourth-order valence-electron chi connectivity index (χ4n) is 7.68. The number of nitrogens with two attached hydrogens (primary N) is 1. The van der Waals surface area contributed by atoms with Gasteiger partial charge in [0.15, 0.2) is 5.82 Å². The van der Waals surface area contributed by atoms with Gasteiger partial charge in [-0.1, -0.05) is 0 Å². The topological polar surface area (TPSA) is 146 Å². The number of aromatic nitrogens is 6. The Morgan fingerprint density at radius 2 is 1.82 bits per heavy atom. The van der Waals surface area contributed by atoms with E-state index < -0.39 is 23.9 Å². The number of ether oxygens (including phenoxy) is 1. The number of likely N-dealkylation sites (tertiary alicyclic amines) is 1. The Hall–Kier alpha value is -5.05. The minimum Gasteiger partial charge on any atom is -0.494 e. The molecule has 4 atom stereocenters. The third-order valence-electron chi connectivity index (χ3n) is 10.7. The van der Waals surface area contributed by atoms with Gasteiger partial charge in [-0.15, -0.1) is 0 Å². The quantitative estimate of drug-likeness (QED) is 0.223. The van der Waals surface area contributed by atoms with Gasteiger partial charge in [0, 0.05) is 55.6 Å². The number of carbonyl (C=O) groups excluding carboxylic acids is 2. The zero-order chi connectivity index (χ0) is 35.8. The number of aryl methyl sites for hydroxylation is 1. The molecule has 1 aliphatic heterocycles. The highest BCUT2D eigenvalue weighted by Crippen LogP contribution is 2.40. The summed E-state index contributed by atoms with van der Waals surface area (Å²) in [6.45, 7) is 3.02. The van der Waals surface area contributed by atoms with Crippen molar-refractivity contribution in [3.05, 3.63) is 65.4 Å². The summed E-state index contributed by atoms with van der Waals surface area (Å²) >= 11 is 0. The molecule has 5 heterocycles. The van der Waals surface area contributed by atoms with Gasteiger partial charge in [-0.25, -0.2) is 19.9 Å². The highest BCUT2D eigenvalue weighted by molar-refractivity contribution is 6.00. The van der Waals surface area contributed by atoms with E-state index in [1.807, 2.05) is 40.8 Å². The number of nitrogens with zero attached hydrogens (tertiary/aromatic N) is 7. The predicted molar refractivity (Wildman–Crippen MR) is 182 cm³/mol. The molecule has 3 aliphatic rings. The first-order chi connectivity index (χ1) is 24.4. The molecule has 12 nitrogen and oxygen atoms in total. The average Bonchev–Trinajstić information content (AvgIpc) is 3.58. The van der Waals surface area contributed by atoms with Crippen LogP contribution >= 0.6 is 0 Å². The van der Waals surface area contributed by atoms with Crippen LogP contribution in [0.25, 0.3) is 33.6 Å². The maximum atomic E-state index is 13.9. The highest BCUT2D eigenvalue weighted by Gasteiger charge is 2.41. The molecule has 1 aromatic carbocycles. The summed E-state index contributed by atoms with van der Waals surface area (Å²) in [5, 5.41) is 3.68. The van der Waals surface area contributed by atoms with Crippen LogP contribution in [-0.4, -0.2) is 71.5 Å². The van der Waals surface area contributed by atoms with E-state index in [0.29, 0.717) is 46.7 Å². The Kier molecular flexibility index (Phi) is 8.00. The number of hydrogen-bond acceptors (Lipinski definition) is 8. The van der Waals surface area contributed by atoms with Crippen molar-refractivity contribution in [2.24, 2.45) is 24.6 Å². The lowest BCUT2D eigenvalue weighted by Gasteiger charge is -2.37. The van der Waals surface area contributed by atoms with E-state index in [9.17, 15) is 22.8 Å². The molecular weight excluding hydrogens is 663 g/mol. The average molecular weight is 702 g/mol. The molecule has 2 saturated carbocycles. The van der Waals surface area contributed by atoms with Crippen LogP contribution in [-0.2, 0) is 19.8 Å². The van der Waals surface area contributed by atoms with E-state index in [1.165, 1.54) is 0 Å². The lowest BCUT2D eigenvalue weighted by molar-refractivity contribution is -0.145. The van der Waals surface area contributed by atoms with E-state index in [2.05, 4.69) is 19.9 Å². The summed E-state index contributed by atoms with van der Waals surface area (Å²) in [5.41, 5.74) is 10.4. The Morgan fingerprint density at radius 1 is 1.06 bits per heavy atom. The van der Waals surface area contributed by atoms with Gasteiger partial charge >= 0.3 is 6.18 Å².